The van der Waals surface area contributed by atoms with Crippen LogP contribution < -0.4 is 0 Å². The van der Waals surface area contributed by atoms with Crippen molar-refractivity contribution >= 4 is 5.69 Å². The molecule has 86 valence electrons. The van der Waals surface area contributed by atoms with E-state index in [1.807, 2.05) is 0 Å². The van der Waals surface area contributed by atoms with Gasteiger partial charge in [-0.1, -0.05) is 0 Å². The van der Waals surface area contributed by atoms with Crippen molar-refractivity contribution in [2.45, 2.75) is 0 Å². The van der Waals surface area contributed by atoms with E-state index in [0.717, 1.165) is 12.1 Å². The lowest BCUT2D eigenvalue weighted by molar-refractivity contribution is -0.387. The summed E-state index contributed by atoms with van der Waals surface area (Å²) in [6.07, 6.45) is 2.71. The van der Waals surface area contributed by atoms with E-state index in [9.17, 15) is 18.9 Å². The number of nitro benzene ring substituents is 1. The molecule has 17 heavy (non-hydrogen) atoms. The fourth-order valence-electron chi connectivity index (χ4n) is 1.47. The number of halogens is 2. The van der Waals surface area contributed by atoms with Crippen molar-refractivity contribution in [3.8, 4) is 11.1 Å². The highest BCUT2D eigenvalue weighted by molar-refractivity contribution is 5.67. The fraction of sp³-hybridized carbons (Fsp3) is 0. The van der Waals surface area contributed by atoms with E-state index in [-0.39, 0.29) is 5.56 Å². The summed E-state index contributed by atoms with van der Waals surface area (Å²) in [5, 5.41) is 10.5. The van der Waals surface area contributed by atoms with Gasteiger partial charge in [-0.25, -0.2) is 4.39 Å². The maximum absolute atomic E-state index is 13.8. The molecule has 0 saturated heterocycles. The molecule has 4 nitrogen and oxygen atoms in total. The predicted molar refractivity (Wildman–Crippen MR) is 56.2 cm³/mol. The summed E-state index contributed by atoms with van der Waals surface area (Å²) in [4.78, 5) is 13.4. The summed E-state index contributed by atoms with van der Waals surface area (Å²) < 4.78 is 27.3. The molecule has 0 aliphatic rings. The van der Waals surface area contributed by atoms with Crippen molar-refractivity contribution < 1.29 is 13.7 Å². The summed E-state index contributed by atoms with van der Waals surface area (Å²) in [6, 6.07) is 4.43. The standard InChI is InChI=1S/C11H6F2N2O2/c12-8-1-2-9(15(16)17)11(13)10(8)7-3-5-14-6-4-7/h1-6H. The Morgan fingerprint density at radius 1 is 1.12 bits per heavy atom. The zero-order valence-corrected chi connectivity index (χ0v) is 8.43. The molecule has 2 aromatic rings. The normalized spacial score (nSPS) is 10.2. The minimum Gasteiger partial charge on any atom is -0.265 e. The second kappa shape index (κ2) is 4.25. The van der Waals surface area contributed by atoms with Gasteiger partial charge >= 0.3 is 5.69 Å². The van der Waals surface area contributed by atoms with Gasteiger partial charge in [0, 0.05) is 18.5 Å². The smallest absolute Gasteiger partial charge is 0.265 e. The monoisotopic (exact) mass is 236 g/mol. The Bertz CT molecular complexity index is 573. The molecule has 0 aliphatic carbocycles. The van der Waals surface area contributed by atoms with Gasteiger partial charge in [0.1, 0.15) is 5.82 Å². The summed E-state index contributed by atoms with van der Waals surface area (Å²) in [5.41, 5.74) is -0.960. The number of hydrogen-bond acceptors (Lipinski definition) is 3. The number of pyridine rings is 1. The van der Waals surface area contributed by atoms with Crippen molar-refractivity contribution in [2.24, 2.45) is 0 Å². The molecule has 6 heteroatoms. The zero-order chi connectivity index (χ0) is 12.4. The Kier molecular flexibility index (Phi) is 2.78. The lowest BCUT2D eigenvalue weighted by atomic mass is 10.1. The molecule has 0 N–H and O–H groups in total. The molecule has 0 bridgehead atoms. The van der Waals surface area contributed by atoms with Crippen molar-refractivity contribution in [3.63, 3.8) is 0 Å². The third kappa shape index (κ3) is 1.96. The van der Waals surface area contributed by atoms with Crippen LogP contribution in [0.1, 0.15) is 0 Å². The Hall–Kier alpha value is -2.37. The van der Waals surface area contributed by atoms with E-state index in [1.165, 1.54) is 24.5 Å². The third-order valence-corrected chi connectivity index (χ3v) is 2.24. The molecule has 2 rings (SSSR count). The SMILES string of the molecule is O=[N+]([O-])c1ccc(F)c(-c2ccncc2)c1F. The first-order valence-electron chi connectivity index (χ1n) is 4.64. The quantitative estimate of drug-likeness (QED) is 0.595. The molecule has 1 heterocycles. The zero-order valence-electron chi connectivity index (χ0n) is 8.43. The molecule has 0 unspecified atom stereocenters. The second-order valence-electron chi connectivity index (χ2n) is 3.25. The maximum atomic E-state index is 13.8. The van der Waals surface area contributed by atoms with E-state index < -0.39 is 27.8 Å². The predicted octanol–water partition coefficient (Wildman–Crippen LogP) is 2.94. The Labute approximate surface area is 94.7 Å². The average Bonchev–Trinajstić information content (AvgIpc) is 2.30. The van der Waals surface area contributed by atoms with Crippen LogP contribution in [-0.4, -0.2) is 9.91 Å². The molecular weight excluding hydrogens is 230 g/mol. The first-order valence-corrected chi connectivity index (χ1v) is 4.64. The first kappa shape index (κ1) is 11.1. The Morgan fingerprint density at radius 3 is 2.35 bits per heavy atom. The third-order valence-electron chi connectivity index (χ3n) is 2.24. The van der Waals surface area contributed by atoms with Crippen LogP contribution in [0.25, 0.3) is 11.1 Å². The summed E-state index contributed by atoms with van der Waals surface area (Å²) in [5.74, 6) is -2.03. The lowest BCUT2D eigenvalue weighted by Crippen LogP contribution is -1.97. The highest BCUT2D eigenvalue weighted by Crippen LogP contribution is 2.31. The van der Waals surface area contributed by atoms with Gasteiger partial charge in [-0.2, -0.15) is 4.39 Å². The minimum absolute atomic E-state index is 0.207. The van der Waals surface area contributed by atoms with Gasteiger partial charge in [0.25, 0.3) is 0 Å². The topological polar surface area (TPSA) is 56.0 Å². The van der Waals surface area contributed by atoms with Crippen LogP contribution in [0, 0.1) is 21.7 Å². The van der Waals surface area contributed by atoms with Crippen LogP contribution in [0.4, 0.5) is 14.5 Å². The fourth-order valence-corrected chi connectivity index (χ4v) is 1.47. The molecule has 0 aliphatic heterocycles. The molecule has 0 saturated carbocycles. The van der Waals surface area contributed by atoms with E-state index in [1.54, 1.807) is 0 Å². The van der Waals surface area contributed by atoms with Crippen LogP contribution in [0.3, 0.4) is 0 Å². The number of aromatic nitrogens is 1. The van der Waals surface area contributed by atoms with Crippen molar-refractivity contribution in [1.29, 1.82) is 0 Å². The molecule has 0 atom stereocenters. The average molecular weight is 236 g/mol. The molecule has 1 aromatic carbocycles. The van der Waals surface area contributed by atoms with Gasteiger partial charge in [0.05, 0.1) is 10.5 Å². The number of hydrogen-bond donors (Lipinski definition) is 0. The highest BCUT2D eigenvalue weighted by Gasteiger charge is 2.22. The number of nitrogens with zero attached hydrogens (tertiary/aromatic N) is 2. The summed E-state index contributed by atoms with van der Waals surface area (Å²) in [7, 11) is 0. The number of benzene rings is 1. The molecule has 0 spiro atoms. The molecule has 0 amide bonds. The number of rotatable bonds is 2. The number of nitro groups is 1. The van der Waals surface area contributed by atoms with Crippen molar-refractivity contribution in [2.75, 3.05) is 0 Å². The molecular formula is C11H6F2N2O2. The van der Waals surface area contributed by atoms with Gasteiger partial charge in [-0.3, -0.25) is 15.1 Å². The first-order chi connectivity index (χ1) is 8.11. The second-order valence-corrected chi connectivity index (χ2v) is 3.25. The van der Waals surface area contributed by atoms with E-state index in [2.05, 4.69) is 4.98 Å². The minimum atomic E-state index is -1.18. The Balaban J connectivity index is 2.69. The van der Waals surface area contributed by atoms with Crippen molar-refractivity contribution in [1.82, 2.24) is 4.98 Å². The molecule has 1 aromatic heterocycles. The van der Waals surface area contributed by atoms with Gasteiger partial charge in [0.2, 0.25) is 5.82 Å². The molecule has 0 fully saturated rings. The van der Waals surface area contributed by atoms with Gasteiger partial charge < -0.3 is 0 Å². The maximum Gasteiger partial charge on any atom is 0.305 e. The van der Waals surface area contributed by atoms with Crippen LogP contribution in [0.5, 0.6) is 0 Å². The van der Waals surface area contributed by atoms with Gasteiger partial charge in [-0.15, -0.1) is 0 Å². The summed E-state index contributed by atoms with van der Waals surface area (Å²) in [6.45, 7) is 0. The highest BCUT2D eigenvalue weighted by atomic mass is 19.1. The lowest BCUT2D eigenvalue weighted by Gasteiger charge is -2.04. The van der Waals surface area contributed by atoms with Crippen LogP contribution >= 0.6 is 0 Å². The largest absolute Gasteiger partial charge is 0.305 e. The van der Waals surface area contributed by atoms with Crippen molar-refractivity contribution in [3.05, 3.63) is 58.4 Å². The van der Waals surface area contributed by atoms with Crippen LogP contribution in [0.2, 0.25) is 0 Å². The summed E-state index contributed by atoms with van der Waals surface area (Å²) >= 11 is 0. The van der Waals surface area contributed by atoms with Crippen LogP contribution in [-0.2, 0) is 0 Å². The van der Waals surface area contributed by atoms with E-state index >= 15 is 0 Å². The molecule has 0 radical (unpaired) electrons. The van der Waals surface area contributed by atoms with Gasteiger partial charge in [0.15, 0.2) is 0 Å². The van der Waals surface area contributed by atoms with E-state index in [4.69, 9.17) is 0 Å². The van der Waals surface area contributed by atoms with E-state index in [0.29, 0.717) is 0 Å². The van der Waals surface area contributed by atoms with Gasteiger partial charge in [-0.05, 0) is 23.8 Å². The Morgan fingerprint density at radius 2 is 1.76 bits per heavy atom. The van der Waals surface area contributed by atoms with Crippen LogP contribution in [0.15, 0.2) is 36.7 Å².